The van der Waals surface area contributed by atoms with E-state index in [1.807, 2.05) is 0 Å². The Morgan fingerprint density at radius 3 is 2.94 bits per heavy atom. The van der Waals surface area contributed by atoms with Gasteiger partial charge in [-0.3, -0.25) is 0 Å². The van der Waals surface area contributed by atoms with Gasteiger partial charge in [-0.15, -0.1) is 0 Å². The van der Waals surface area contributed by atoms with Crippen LogP contribution in [-0.2, 0) is 11.3 Å². The van der Waals surface area contributed by atoms with E-state index in [9.17, 15) is 4.79 Å². The Morgan fingerprint density at radius 1 is 1.65 bits per heavy atom. The number of carbonyl (C=O) groups excluding carboxylic acids is 1. The van der Waals surface area contributed by atoms with Crippen molar-refractivity contribution in [2.24, 2.45) is 0 Å². The summed E-state index contributed by atoms with van der Waals surface area (Å²) in [5.41, 5.74) is 0.470. The second-order valence-electron chi connectivity index (χ2n) is 4.38. The van der Waals surface area contributed by atoms with E-state index in [4.69, 9.17) is 9.52 Å². The number of rotatable bonds is 4. The van der Waals surface area contributed by atoms with Gasteiger partial charge in [-0.1, -0.05) is 0 Å². The third kappa shape index (κ3) is 2.68. The number of furan rings is 1. The number of aliphatic hydroxyl groups is 1. The van der Waals surface area contributed by atoms with E-state index in [1.54, 1.807) is 13.0 Å². The molecular formula is C12H17NO4. The average Bonchev–Trinajstić information content (AvgIpc) is 2.63. The lowest BCUT2D eigenvalue weighted by Crippen LogP contribution is -2.43. The summed E-state index contributed by atoms with van der Waals surface area (Å²) < 4.78 is 10.1. The molecule has 17 heavy (non-hydrogen) atoms. The Bertz CT molecular complexity index is 407. The molecule has 0 saturated heterocycles. The molecule has 0 amide bonds. The molecule has 1 fully saturated rings. The van der Waals surface area contributed by atoms with Crippen molar-refractivity contribution in [1.82, 2.24) is 5.32 Å². The maximum absolute atomic E-state index is 11.4. The van der Waals surface area contributed by atoms with Crippen molar-refractivity contribution in [2.45, 2.75) is 38.5 Å². The molecule has 1 heterocycles. The van der Waals surface area contributed by atoms with Crippen LogP contribution in [0.25, 0.3) is 0 Å². The van der Waals surface area contributed by atoms with E-state index < -0.39 is 0 Å². The van der Waals surface area contributed by atoms with E-state index in [1.165, 1.54) is 7.11 Å². The number of hydrogen-bond acceptors (Lipinski definition) is 5. The average molecular weight is 239 g/mol. The molecule has 2 rings (SSSR count). The van der Waals surface area contributed by atoms with Gasteiger partial charge in [0, 0.05) is 6.04 Å². The topological polar surface area (TPSA) is 71.7 Å². The molecule has 0 unspecified atom stereocenters. The number of esters is 1. The Kier molecular flexibility index (Phi) is 3.49. The van der Waals surface area contributed by atoms with Crippen molar-refractivity contribution >= 4 is 5.97 Å². The second-order valence-corrected chi connectivity index (χ2v) is 4.38. The van der Waals surface area contributed by atoms with Gasteiger partial charge in [-0.2, -0.15) is 0 Å². The van der Waals surface area contributed by atoms with E-state index in [0.717, 1.165) is 12.8 Å². The lowest BCUT2D eigenvalue weighted by atomic mass is 9.89. The number of aryl methyl sites for hydroxylation is 1. The van der Waals surface area contributed by atoms with Gasteiger partial charge in [0.1, 0.15) is 17.1 Å². The summed E-state index contributed by atoms with van der Waals surface area (Å²) in [4.78, 5) is 11.4. The van der Waals surface area contributed by atoms with Crippen molar-refractivity contribution in [3.8, 4) is 0 Å². The van der Waals surface area contributed by atoms with Gasteiger partial charge in [0.2, 0.25) is 0 Å². The molecule has 0 radical (unpaired) electrons. The second kappa shape index (κ2) is 4.89. The van der Waals surface area contributed by atoms with Crippen LogP contribution < -0.4 is 5.32 Å². The highest BCUT2D eigenvalue weighted by molar-refractivity contribution is 5.90. The predicted octanol–water partition coefficient (Wildman–Crippen LogP) is 0.988. The molecule has 5 nitrogen and oxygen atoms in total. The molecule has 1 saturated carbocycles. The summed E-state index contributed by atoms with van der Waals surface area (Å²) >= 11 is 0. The van der Waals surface area contributed by atoms with Crippen molar-refractivity contribution < 1.29 is 19.1 Å². The number of aliphatic hydroxyl groups excluding tert-OH is 1. The lowest BCUT2D eigenvalue weighted by Gasteiger charge is -2.31. The normalized spacial score (nSPS) is 23.2. The van der Waals surface area contributed by atoms with Crippen molar-refractivity contribution in [1.29, 1.82) is 0 Å². The monoisotopic (exact) mass is 239 g/mol. The van der Waals surface area contributed by atoms with Gasteiger partial charge >= 0.3 is 5.97 Å². The molecular weight excluding hydrogens is 222 g/mol. The van der Waals surface area contributed by atoms with E-state index in [2.05, 4.69) is 10.1 Å². The minimum absolute atomic E-state index is 0.170. The summed E-state index contributed by atoms with van der Waals surface area (Å²) in [7, 11) is 1.35. The number of hydrogen-bond donors (Lipinski definition) is 2. The Labute approximate surface area is 99.8 Å². The fraction of sp³-hybridized carbons (Fsp3) is 0.583. The summed E-state index contributed by atoms with van der Waals surface area (Å²) in [6, 6.07) is 2.04. The van der Waals surface area contributed by atoms with Crippen LogP contribution in [0.1, 0.15) is 34.7 Å². The van der Waals surface area contributed by atoms with E-state index in [-0.39, 0.29) is 12.1 Å². The van der Waals surface area contributed by atoms with Crippen LogP contribution in [0.4, 0.5) is 0 Å². The molecule has 1 aromatic heterocycles. The number of carbonyl (C=O) groups is 1. The first-order valence-electron chi connectivity index (χ1n) is 5.69. The van der Waals surface area contributed by atoms with Crippen LogP contribution in [0.15, 0.2) is 10.5 Å². The highest BCUT2D eigenvalue weighted by Crippen LogP contribution is 2.21. The zero-order chi connectivity index (χ0) is 12.4. The first-order valence-corrected chi connectivity index (χ1v) is 5.69. The van der Waals surface area contributed by atoms with E-state index in [0.29, 0.717) is 29.7 Å². The summed E-state index contributed by atoms with van der Waals surface area (Å²) in [6.45, 7) is 2.30. The number of methoxy groups -OCH3 is 1. The fourth-order valence-corrected chi connectivity index (χ4v) is 1.94. The van der Waals surface area contributed by atoms with Crippen LogP contribution in [-0.4, -0.2) is 30.3 Å². The zero-order valence-corrected chi connectivity index (χ0v) is 10.0. The van der Waals surface area contributed by atoms with Crippen LogP contribution in [0.2, 0.25) is 0 Å². The molecule has 0 bridgehead atoms. The number of nitrogens with one attached hydrogen (secondary N) is 1. The molecule has 1 aromatic rings. The summed E-state index contributed by atoms with van der Waals surface area (Å²) in [6.07, 6.45) is 1.39. The smallest absolute Gasteiger partial charge is 0.341 e. The van der Waals surface area contributed by atoms with Crippen LogP contribution >= 0.6 is 0 Å². The standard InChI is InChI=1S/C12H17NO4/c1-7-11(12(15)16-2)5-10(17-7)6-13-8-3-9(14)4-8/h5,8-9,13-14H,3-4,6H2,1-2H3. The van der Waals surface area contributed by atoms with Gasteiger partial charge in [-0.25, -0.2) is 4.79 Å². The van der Waals surface area contributed by atoms with E-state index >= 15 is 0 Å². The minimum atomic E-state index is -0.378. The fourth-order valence-electron chi connectivity index (χ4n) is 1.94. The third-order valence-electron chi connectivity index (χ3n) is 3.05. The number of ether oxygens (including phenoxy) is 1. The quantitative estimate of drug-likeness (QED) is 0.766. The zero-order valence-electron chi connectivity index (χ0n) is 10.0. The van der Waals surface area contributed by atoms with Gasteiger partial charge in [0.05, 0.1) is 19.8 Å². The largest absolute Gasteiger partial charge is 0.465 e. The highest BCUT2D eigenvalue weighted by atomic mass is 16.5. The van der Waals surface area contributed by atoms with Gasteiger partial charge in [-0.05, 0) is 25.8 Å². The minimum Gasteiger partial charge on any atom is -0.465 e. The van der Waals surface area contributed by atoms with Crippen molar-refractivity contribution in [2.75, 3.05) is 7.11 Å². The maximum atomic E-state index is 11.4. The van der Waals surface area contributed by atoms with Crippen molar-refractivity contribution in [3.05, 3.63) is 23.2 Å². The van der Waals surface area contributed by atoms with Gasteiger partial charge in [0.25, 0.3) is 0 Å². The first kappa shape index (κ1) is 12.1. The Morgan fingerprint density at radius 2 is 2.35 bits per heavy atom. The van der Waals surface area contributed by atoms with Gasteiger partial charge < -0.3 is 19.6 Å². The molecule has 94 valence electrons. The van der Waals surface area contributed by atoms with Gasteiger partial charge in [0.15, 0.2) is 0 Å². The third-order valence-corrected chi connectivity index (χ3v) is 3.05. The molecule has 0 spiro atoms. The first-order chi connectivity index (χ1) is 8.10. The molecule has 0 aliphatic heterocycles. The predicted molar refractivity (Wildman–Crippen MR) is 60.7 cm³/mol. The highest BCUT2D eigenvalue weighted by Gasteiger charge is 2.26. The molecule has 0 aromatic carbocycles. The summed E-state index contributed by atoms with van der Waals surface area (Å²) in [5.74, 6) is 0.906. The maximum Gasteiger partial charge on any atom is 0.341 e. The van der Waals surface area contributed by atoms with Crippen LogP contribution in [0.5, 0.6) is 0 Å². The van der Waals surface area contributed by atoms with Crippen LogP contribution in [0, 0.1) is 6.92 Å². The van der Waals surface area contributed by atoms with Crippen LogP contribution in [0.3, 0.4) is 0 Å². The molecule has 1 aliphatic carbocycles. The Balaban J connectivity index is 1.91. The lowest BCUT2D eigenvalue weighted by molar-refractivity contribution is 0.0596. The van der Waals surface area contributed by atoms with Crippen molar-refractivity contribution in [3.63, 3.8) is 0 Å². The summed E-state index contributed by atoms with van der Waals surface area (Å²) in [5, 5.41) is 12.4. The molecule has 0 atom stereocenters. The SMILES string of the molecule is COC(=O)c1cc(CNC2CC(O)C2)oc1C. The Hall–Kier alpha value is -1.33. The molecule has 2 N–H and O–H groups in total. The molecule has 5 heteroatoms. The molecule has 1 aliphatic rings.